The smallest absolute Gasteiger partial charge is 0.253 e. The monoisotopic (exact) mass is 314 g/mol. The predicted octanol–water partition coefficient (Wildman–Crippen LogP) is 4.53. The van der Waals surface area contributed by atoms with Crippen molar-refractivity contribution in [3.8, 4) is 16.9 Å². The fourth-order valence-corrected chi connectivity index (χ4v) is 2.29. The molecule has 0 radical (unpaired) electrons. The van der Waals surface area contributed by atoms with Gasteiger partial charge in [-0.2, -0.15) is 0 Å². The van der Waals surface area contributed by atoms with Gasteiger partial charge in [-0.3, -0.25) is 0 Å². The molecular formula is C17H15ClN2O2. The number of rotatable bonds is 5. The number of benzene rings is 2. The lowest BCUT2D eigenvalue weighted by Crippen LogP contribution is -1.96. The van der Waals surface area contributed by atoms with E-state index in [4.69, 9.17) is 20.8 Å². The number of hydrogen-bond acceptors (Lipinski definition) is 4. The van der Waals surface area contributed by atoms with Gasteiger partial charge in [-0.1, -0.05) is 54.9 Å². The molecule has 0 saturated carbocycles. The second-order valence-corrected chi connectivity index (χ2v) is 5.15. The first-order valence-corrected chi connectivity index (χ1v) is 7.43. The van der Waals surface area contributed by atoms with Crippen LogP contribution in [-0.2, 0) is 13.0 Å². The van der Waals surface area contributed by atoms with Gasteiger partial charge >= 0.3 is 0 Å². The minimum Gasteiger partial charge on any atom is -0.482 e. The summed E-state index contributed by atoms with van der Waals surface area (Å²) in [5.74, 6) is 1.64. The van der Waals surface area contributed by atoms with E-state index >= 15 is 0 Å². The first-order valence-electron chi connectivity index (χ1n) is 7.05. The van der Waals surface area contributed by atoms with Crippen LogP contribution < -0.4 is 4.74 Å². The zero-order valence-corrected chi connectivity index (χ0v) is 12.9. The highest BCUT2D eigenvalue weighted by Gasteiger charge is 2.08. The van der Waals surface area contributed by atoms with E-state index in [-0.39, 0.29) is 6.61 Å². The second kappa shape index (κ2) is 6.62. The van der Waals surface area contributed by atoms with Gasteiger partial charge in [0, 0.05) is 6.42 Å². The van der Waals surface area contributed by atoms with Crippen LogP contribution in [-0.4, -0.2) is 10.2 Å². The van der Waals surface area contributed by atoms with E-state index < -0.39 is 0 Å². The lowest BCUT2D eigenvalue weighted by Gasteiger charge is -2.08. The number of halogens is 1. The fourth-order valence-electron chi connectivity index (χ4n) is 2.06. The standard InChI is InChI=1S/C17H15ClN2O2/c1-2-16-19-20-17(22-16)11-21-15-9-8-13(10-14(15)18)12-6-4-3-5-7-12/h3-10H,2,11H2,1H3. The molecule has 22 heavy (non-hydrogen) atoms. The summed E-state index contributed by atoms with van der Waals surface area (Å²) >= 11 is 6.29. The normalized spacial score (nSPS) is 10.6. The van der Waals surface area contributed by atoms with Gasteiger partial charge < -0.3 is 9.15 Å². The van der Waals surface area contributed by atoms with Crippen molar-refractivity contribution in [3.63, 3.8) is 0 Å². The van der Waals surface area contributed by atoms with Crippen molar-refractivity contribution in [3.05, 3.63) is 65.3 Å². The quantitative estimate of drug-likeness (QED) is 0.694. The summed E-state index contributed by atoms with van der Waals surface area (Å²) in [6, 6.07) is 15.8. The number of aromatic nitrogens is 2. The van der Waals surface area contributed by atoms with Crippen molar-refractivity contribution in [1.82, 2.24) is 10.2 Å². The zero-order chi connectivity index (χ0) is 15.4. The molecule has 2 aromatic carbocycles. The molecule has 0 unspecified atom stereocenters. The van der Waals surface area contributed by atoms with Crippen LogP contribution in [0.5, 0.6) is 5.75 Å². The van der Waals surface area contributed by atoms with Crippen LogP contribution in [0.15, 0.2) is 52.9 Å². The highest BCUT2D eigenvalue weighted by Crippen LogP contribution is 2.30. The van der Waals surface area contributed by atoms with Gasteiger partial charge in [-0.05, 0) is 23.3 Å². The summed E-state index contributed by atoms with van der Waals surface area (Å²) in [4.78, 5) is 0. The number of hydrogen-bond donors (Lipinski definition) is 0. The molecule has 3 rings (SSSR count). The maximum Gasteiger partial charge on any atom is 0.253 e. The van der Waals surface area contributed by atoms with E-state index in [1.165, 1.54) is 0 Å². The molecule has 0 fully saturated rings. The van der Waals surface area contributed by atoms with E-state index in [9.17, 15) is 0 Å². The molecule has 112 valence electrons. The summed E-state index contributed by atoms with van der Waals surface area (Å²) in [5, 5.41) is 8.36. The SMILES string of the molecule is CCc1nnc(COc2ccc(-c3ccccc3)cc2Cl)o1. The maximum absolute atomic E-state index is 6.29. The Morgan fingerprint density at radius 3 is 2.45 bits per heavy atom. The molecule has 0 aliphatic carbocycles. The first-order chi connectivity index (χ1) is 10.8. The molecular weight excluding hydrogens is 300 g/mol. The summed E-state index contributed by atoms with van der Waals surface area (Å²) in [6.45, 7) is 2.16. The molecule has 0 aliphatic heterocycles. The Morgan fingerprint density at radius 2 is 1.77 bits per heavy atom. The van der Waals surface area contributed by atoms with Gasteiger partial charge in [-0.25, -0.2) is 0 Å². The third-order valence-electron chi connectivity index (χ3n) is 3.20. The average molecular weight is 315 g/mol. The Hall–Kier alpha value is -2.33. The van der Waals surface area contributed by atoms with Gasteiger partial charge in [0.15, 0.2) is 6.61 Å². The zero-order valence-electron chi connectivity index (χ0n) is 12.1. The lowest BCUT2D eigenvalue weighted by atomic mass is 10.1. The highest BCUT2D eigenvalue weighted by molar-refractivity contribution is 6.32. The van der Waals surface area contributed by atoms with Crippen LogP contribution in [0.3, 0.4) is 0 Å². The van der Waals surface area contributed by atoms with E-state index in [2.05, 4.69) is 10.2 Å². The molecule has 0 aliphatic rings. The maximum atomic E-state index is 6.29. The molecule has 0 bridgehead atoms. The Kier molecular flexibility index (Phi) is 4.39. The largest absolute Gasteiger partial charge is 0.482 e. The highest BCUT2D eigenvalue weighted by atomic mass is 35.5. The molecule has 4 nitrogen and oxygen atoms in total. The minimum atomic E-state index is 0.206. The second-order valence-electron chi connectivity index (χ2n) is 4.74. The van der Waals surface area contributed by atoms with E-state index in [1.54, 1.807) is 0 Å². The topological polar surface area (TPSA) is 48.2 Å². The van der Waals surface area contributed by atoms with Crippen LogP contribution in [0, 0.1) is 0 Å². The van der Waals surface area contributed by atoms with Crippen LogP contribution in [0.25, 0.3) is 11.1 Å². The number of aryl methyl sites for hydroxylation is 1. The molecule has 0 spiro atoms. The van der Waals surface area contributed by atoms with E-state index in [1.807, 2.05) is 55.5 Å². The van der Waals surface area contributed by atoms with Crippen molar-refractivity contribution >= 4 is 11.6 Å². The minimum absolute atomic E-state index is 0.206. The van der Waals surface area contributed by atoms with Crippen molar-refractivity contribution in [2.75, 3.05) is 0 Å². The summed E-state index contributed by atoms with van der Waals surface area (Å²) in [5.41, 5.74) is 2.16. The van der Waals surface area contributed by atoms with Gasteiger partial charge in [0.25, 0.3) is 5.89 Å². The molecule has 0 amide bonds. The molecule has 1 heterocycles. The molecule has 5 heteroatoms. The van der Waals surface area contributed by atoms with Crippen molar-refractivity contribution in [2.24, 2.45) is 0 Å². The van der Waals surface area contributed by atoms with Crippen LogP contribution >= 0.6 is 11.6 Å². The predicted molar refractivity (Wildman–Crippen MR) is 84.9 cm³/mol. The van der Waals surface area contributed by atoms with Crippen LogP contribution in [0.2, 0.25) is 5.02 Å². The third kappa shape index (κ3) is 3.28. The molecule has 0 atom stereocenters. The van der Waals surface area contributed by atoms with Crippen LogP contribution in [0.4, 0.5) is 0 Å². The van der Waals surface area contributed by atoms with Gasteiger partial charge in [-0.15, -0.1) is 10.2 Å². The Bertz CT molecular complexity index is 756. The molecule has 1 aromatic heterocycles. The van der Waals surface area contributed by atoms with Crippen molar-refractivity contribution in [1.29, 1.82) is 0 Å². The Labute approximate surface area is 133 Å². The Morgan fingerprint density at radius 1 is 1.00 bits per heavy atom. The summed E-state index contributed by atoms with van der Waals surface area (Å²) in [7, 11) is 0. The van der Waals surface area contributed by atoms with Crippen molar-refractivity contribution < 1.29 is 9.15 Å². The lowest BCUT2D eigenvalue weighted by molar-refractivity contribution is 0.259. The summed E-state index contributed by atoms with van der Waals surface area (Å²) in [6.07, 6.45) is 0.708. The third-order valence-corrected chi connectivity index (χ3v) is 3.50. The van der Waals surface area contributed by atoms with Gasteiger partial charge in [0.05, 0.1) is 5.02 Å². The van der Waals surface area contributed by atoms with Crippen LogP contribution in [0.1, 0.15) is 18.7 Å². The molecule has 0 saturated heterocycles. The van der Waals surface area contributed by atoms with Gasteiger partial charge in [0.2, 0.25) is 5.89 Å². The average Bonchev–Trinajstić information content (AvgIpc) is 3.02. The van der Waals surface area contributed by atoms with Crippen molar-refractivity contribution in [2.45, 2.75) is 20.0 Å². The summed E-state index contributed by atoms with van der Waals surface area (Å²) < 4.78 is 11.0. The van der Waals surface area contributed by atoms with E-state index in [0.717, 1.165) is 11.1 Å². The van der Waals surface area contributed by atoms with E-state index in [0.29, 0.717) is 29.0 Å². The number of nitrogens with zero attached hydrogens (tertiary/aromatic N) is 2. The molecule has 3 aromatic rings. The van der Waals surface area contributed by atoms with Gasteiger partial charge in [0.1, 0.15) is 5.75 Å². The first kappa shape index (κ1) is 14.6. The number of ether oxygens (including phenoxy) is 1. The molecule has 0 N–H and O–H groups in total. The Balaban J connectivity index is 1.72. The fraction of sp³-hybridized carbons (Fsp3) is 0.176.